The van der Waals surface area contributed by atoms with Gasteiger partial charge >= 0.3 is 5.97 Å². The maximum atomic E-state index is 10.5. The van der Waals surface area contributed by atoms with Crippen molar-refractivity contribution >= 4 is 12.0 Å². The van der Waals surface area contributed by atoms with Crippen molar-refractivity contribution in [2.75, 3.05) is 0 Å². The fraction of sp³-hybridized carbons (Fsp3) is 0.267. The number of ether oxygens (including phenoxy) is 1. The molecular formula is C15H16N2O4. The molecule has 0 bridgehead atoms. The summed E-state index contributed by atoms with van der Waals surface area (Å²) in [6.07, 6.45) is 2.57. The number of benzene rings is 1. The zero-order valence-corrected chi connectivity index (χ0v) is 11.8. The average molecular weight is 288 g/mol. The van der Waals surface area contributed by atoms with E-state index in [1.54, 1.807) is 24.3 Å². The SMILES string of the molecule is CC(C)c1noc(COc2cccc(C=CC(=O)O)c2)n1. The van der Waals surface area contributed by atoms with Crippen LogP contribution in [0.2, 0.25) is 0 Å². The van der Waals surface area contributed by atoms with Gasteiger partial charge in [0.15, 0.2) is 12.4 Å². The summed E-state index contributed by atoms with van der Waals surface area (Å²) >= 11 is 0. The Balaban J connectivity index is 1.99. The van der Waals surface area contributed by atoms with Crippen molar-refractivity contribution in [3.8, 4) is 5.75 Å². The van der Waals surface area contributed by atoms with Gasteiger partial charge in [0.2, 0.25) is 0 Å². The molecule has 2 aromatic rings. The first-order valence-corrected chi connectivity index (χ1v) is 6.51. The Labute approximate surface area is 122 Å². The van der Waals surface area contributed by atoms with Crippen molar-refractivity contribution in [3.05, 3.63) is 47.6 Å². The maximum Gasteiger partial charge on any atom is 0.328 e. The van der Waals surface area contributed by atoms with Crippen molar-refractivity contribution in [2.24, 2.45) is 0 Å². The van der Waals surface area contributed by atoms with Gasteiger partial charge in [-0.05, 0) is 23.8 Å². The standard InChI is InChI=1S/C15H16N2O4/c1-10(2)15-16-13(21-17-15)9-20-12-5-3-4-11(8-12)6-7-14(18)19/h3-8,10H,9H2,1-2H3,(H,18,19). The van der Waals surface area contributed by atoms with Crippen LogP contribution in [0.5, 0.6) is 5.75 Å². The van der Waals surface area contributed by atoms with Crippen molar-refractivity contribution in [1.82, 2.24) is 10.1 Å². The molecule has 0 aliphatic heterocycles. The Bertz CT molecular complexity index is 647. The van der Waals surface area contributed by atoms with E-state index in [0.717, 1.165) is 11.6 Å². The van der Waals surface area contributed by atoms with Crippen LogP contribution in [0.3, 0.4) is 0 Å². The summed E-state index contributed by atoms with van der Waals surface area (Å²) in [5, 5.41) is 12.4. The number of carbonyl (C=O) groups is 1. The van der Waals surface area contributed by atoms with Gasteiger partial charge in [-0.1, -0.05) is 31.1 Å². The van der Waals surface area contributed by atoms with Crippen molar-refractivity contribution in [3.63, 3.8) is 0 Å². The van der Waals surface area contributed by atoms with Crippen LogP contribution in [0.1, 0.15) is 37.0 Å². The first-order chi connectivity index (χ1) is 10.0. The highest BCUT2D eigenvalue weighted by atomic mass is 16.5. The Hall–Kier alpha value is -2.63. The zero-order chi connectivity index (χ0) is 15.2. The zero-order valence-electron chi connectivity index (χ0n) is 11.8. The number of carboxylic acid groups (broad SMARTS) is 1. The molecule has 0 amide bonds. The van der Waals surface area contributed by atoms with Crippen LogP contribution < -0.4 is 4.74 Å². The van der Waals surface area contributed by atoms with Gasteiger partial charge in [-0.2, -0.15) is 4.98 Å². The van der Waals surface area contributed by atoms with Crippen LogP contribution in [0.4, 0.5) is 0 Å². The van der Waals surface area contributed by atoms with Gasteiger partial charge in [-0.25, -0.2) is 4.79 Å². The molecule has 0 saturated carbocycles. The summed E-state index contributed by atoms with van der Waals surface area (Å²) < 4.78 is 10.6. The molecule has 0 aliphatic rings. The molecule has 0 aliphatic carbocycles. The van der Waals surface area contributed by atoms with Crippen molar-refractivity contribution < 1.29 is 19.2 Å². The molecule has 6 heteroatoms. The third-order valence-electron chi connectivity index (χ3n) is 2.64. The van der Waals surface area contributed by atoms with E-state index in [2.05, 4.69) is 10.1 Å². The van der Waals surface area contributed by atoms with E-state index < -0.39 is 5.97 Å². The predicted molar refractivity (Wildman–Crippen MR) is 75.8 cm³/mol. The molecule has 1 aromatic carbocycles. The van der Waals surface area contributed by atoms with Gasteiger partial charge in [0.25, 0.3) is 5.89 Å². The van der Waals surface area contributed by atoms with Gasteiger partial charge in [0.05, 0.1) is 0 Å². The minimum Gasteiger partial charge on any atom is -0.484 e. The van der Waals surface area contributed by atoms with Gasteiger partial charge in [-0.3, -0.25) is 0 Å². The summed E-state index contributed by atoms with van der Waals surface area (Å²) in [7, 11) is 0. The quantitative estimate of drug-likeness (QED) is 0.823. The topological polar surface area (TPSA) is 85.5 Å². The molecule has 6 nitrogen and oxygen atoms in total. The van der Waals surface area contributed by atoms with Gasteiger partial charge in [0.1, 0.15) is 5.75 Å². The second-order valence-electron chi connectivity index (χ2n) is 4.73. The monoisotopic (exact) mass is 288 g/mol. The summed E-state index contributed by atoms with van der Waals surface area (Å²) in [5.74, 6) is 0.865. The molecule has 0 unspecified atom stereocenters. The molecule has 1 aromatic heterocycles. The van der Waals surface area contributed by atoms with Crippen LogP contribution in [0.15, 0.2) is 34.9 Å². The molecule has 1 N–H and O–H groups in total. The summed E-state index contributed by atoms with van der Waals surface area (Å²) in [4.78, 5) is 14.7. The predicted octanol–water partition coefficient (Wildman–Crippen LogP) is 2.87. The molecule has 110 valence electrons. The third kappa shape index (κ3) is 4.45. The number of nitrogens with zero attached hydrogens (tertiary/aromatic N) is 2. The third-order valence-corrected chi connectivity index (χ3v) is 2.64. The largest absolute Gasteiger partial charge is 0.484 e. The maximum absolute atomic E-state index is 10.5. The second kappa shape index (κ2) is 6.69. The molecule has 21 heavy (non-hydrogen) atoms. The molecular weight excluding hydrogens is 272 g/mol. The normalized spacial score (nSPS) is 11.2. The Kier molecular flexibility index (Phi) is 4.71. The van der Waals surface area contributed by atoms with Crippen molar-refractivity contribution in [1.29, 1.82) is 0 Å². The molecule has 2 rings (SSSR count). The molecule has 0 saturated heterocycles. The Morgan fingerprint density at radius 1 is 1.48 bits per heavy atom. The lowest BCUT2D eigenvalue weighted by Gasteiger charge is -2.03. The highest BCUT2D eigenvalue weighted by Crippen LogP contribution is 2.16. The number of rotatable bonds is 6. The summed E-state index contributed by atoms with van der Waals surface area (Å²) in [6, 6.07) is 7.08. The van der Waals surface area contributed by atoms with Crippen LogP contribution in [-0.4, -0.2) is 21.2 Å². The highest BCUT2D eigenvalue weighted by molar-refractivity contribution is 5.85. The van der Waals surface area contributed by atoms with E-state index in [4.69, 9.17) is 14.4 Å². The number of aromatic nitrogens is 2. The van der Waals surface area contributed by atoms with E-state index in [0.29, 0.717) is 17.5 Å². The number of hydrogen-bond acceptors (Lipinski definition) is 5. The highest BCUT2D eigenvalue weighted by Gasteiger charge is 2.09. The Morgan fingerprint density at radius 3 is 2.95 bits per heavy atom. The lowest BCUT2D eigenvalue weighted by atomic mass is 10.2. The van der Waals surface area contributed by atoms with Crippen LogP contribution >= 0.6 is 0 Å². The van der Waals surface area contributed by atoms with Gasteiger partial charge in [-0.15, -0.1) is 0 Å². The molecule has 0 radical (unpaired) electrons. The average Bonchev–Trinajstić information content (AvgIpc) is 2.92. The van der Waals surface area contributed by atoms with Crippen LogP contribution in [-0.2, 0) is 11.4 Å². The van der Waals surface area contributed by atoms with E-state index in [1.807, 2.05) is 13.8 Å². The lowest BCUT2D eigenvalue weighted by molar-refractivity contribution is -0.131. The van der Waals surface area contributed by atoms with E-state index in [9.17, 15) is 4.79 Å². The molecule has 0 atom stereocenters. The first kappa shape index (κ1) is 14.8. The van der Waals surface area contributed by atoms with Gasteiger partial charge < -0.3 is 14.4 Å². The molecule has 1 heterocycles. The minimum atomic E-state index is -0.992. The molecule has 0 fully saturated rings. The smallest absolute Gasteiger partial charge is 0.328 e. The summed E-state index contributed by atoms with van der Waals surface area (Å²) in [6.45, 7) is 4.13. The van der Waals surface area contributed by atoms with Crippen molar-refractivity contribution in [2.45, 2.75) is 26.4 Å². The molecule has 0 spiro atoms. The van der Waals surface area contributed by atoms with E-state index >= 15 is 0 Å². The number of hydrogen-bond donors (Lipinski definition) is 1. The fourth-order valence-corrected chi connectivity index (χ4v) is 1.58. The number of carboxylic acids is 1. The number of aliphatic carboxylic acids is 1. The van der Waals surface area contributed by atoms with Gasteiger partial charge in [0, 0.05) is 12.0 Å². The van der Waals surface area contributed by atoms with E-state index in [-0.39, 0.29) is 12.5 Å². The van der Waals surface area contributed by atoms with Crippen LogP contribution in [0, 0.1) is 0 Å². The Morgan fingerprint density at radius 2 is 2.29 bits per heavy atom. The fourth-order valence-electron chi connectivity index (χ4n) is 1.58. The minimum absolute atomic E-state index is 0.172. The summed E-state index contributed by atoms with van der Waals surface area (Å²) in [5.41, 5.74) is 0.739. The van der Waals surface area contributed by atoms with E-state index in [1.165, 1.54) is 6.08 Å². The lowest BCUT2D eigenvalue weighted by Crippen LogP contribution is -1.97. The van der Waals surface area contributed by atoms with Crippen LogP contribution in [0.25, 0.3) is 6.08 Å². The second-order valence-corrected chi connectivity index (χ2v) is 4.73. The first-order valence-electron chi connectivity index (χ1n) is 6.51.